The van der Waals surface area contributed by atoms with Crippen LogP contribution in [0.15, 0.2) is 60.7 Å². The third-order valence-corrected chi connectivity index (χ3v) is 7.46. The summed E-state index contributed by atoms with van der Waals surface area (Å²) >= 11 is 0. The lowest BCUT2D eigenvalue weighted by molar-refractivity contribution is 0.414. The van der Waals surface area contributed by atoms with E-state index in [9.17, 15) is 0 Å². The standard InChI is InChI=1S/C32H34N2O2/c1-19-13-25(35-7)14-20(2)31(19)23-9-11-27-29(17-23)33(5)28-12-10-24(18-30(28)34(27)6)32-21(3)15-26(36-8)16-22(32)4/h9-18H,1-8H3. The van der Waals surface area contributed by atoms with Gasteiger partial charge < -0.3 is 19.3 Å². The van der Waals surface area contributed by atoms with Crippen molar-refractivity contribution in [3.05, 3.63) is 82.9 Å². The van der Waals surface area contributed by atoms with Crippen molar-refractivity contribution < 1.29 is 9.47 Å². The molecular formula is C32H34N2O2. The molecule has 0 radical (unpaired) electrons. The summed E-state index contributed by atoms with van der Waals surface area (Å²) in [6.07, 6.45) is 0. The number of anilines is 4. The summed E-state index contributed by atoms with van der Waals surface area (Å²) < 4.78 is 10.9. The van der Waals surface area contributed by atoms with E-state index in [0.717, 1.165) is 11.5 Å². The van der Waals surface area contributed by atoms with Gasteiger partial charge in [0.1, 0.15) is 11.5 Å². The highest BCUT2D eigenvalue weighted by Gasteiger charge is 2.26. The second kappa shape index (κ2) is 8.94. The van der Waals surface area contributed by atoms with E-state index in [4.69, 9.17) is 9.47 Å². The fourth-order valence-corrected chi connectivity index (χ4v) is 5.72. The van der Waals surface area contributed by atoms with Gasteiger partial charge in [-0.3, -0.25) is 0 Å². The summed E-state index contributed by atoms with van der Waals surface area (Å²) in [6, 6.07) is 22.0. The summed E-state index contributed by atoms with van der Waals surface area (Å²) in [4.78, 5) is 4.61. The van der Waals surface area contributed by atoms with Gasteiger partial charge in [0.15, 0.2) is 0 Å². The summed E-state index contributed by atoms with van der Waals surface area (Å²) in [5.74, 6) is 1.80. The molecule has 0 amide bonds. The van der Waals surface area contributed by atoms with E-state index in [-0.39, 0.29) is 0 Å². The van der Waals surface area contributed by atoms with E-state index < -0.39 is 0 Å². The van der Waals surface area contributed by atoms with Gasteiger partial charge in [-0.1, -0.05) is 12.1 Å². The van der Waals surface area contributed by atoms with E-state index in [1.54, 1.807) is 14.2 Å². The van der Waals surface area contributed by atoms with Crippen LogP contribution in [0.5, 0.6) is 11.5 Å². The van der Waals surface area contributed by atoms with Crippen molar-refractivity contribution in [3.8, 4) is 33.8 Å². The Morgan fingerprint density at radius 3 is 1.11 bits per heavy atom. The highest BCUT2D eigenvalue weighted by molar-refractivity contribution is 5.96. The predicted molar refractivity (Wildman–Crippen MR) is 152 cm³/mol. The largest absolute Gasteiger partial charge is 0.497 e. The minimum Gasteiger partial charge on any atom is -0.497 e. The van der Waals surface area contributed by atoms with Gasteiger partial charge in [0.2, 0.25) is 0 Å². The quantitative estimate of drug-likeness (QED) is 0.296. The van der Waals surface area contributed by atoms with Crippen LogP contribution in [0.25, 0.3) is 22.3 Å². The van der Waals surface area contributed by atoms with Crippen molar-refractivity contribution in [3.63, 3.8) is 0 Å². The smallest absolute Gasteiger partial charge is 0.119 e. The molecule has 0 fully saturated rings. The summed E-state index contributed by atoms with van der Waals surface area (Å²) in [6.45, 7) is 8.61. The number of hydrogen-bond acceptors (Lipinski definition) is 4. The Kier molecular flexibility index (Phi) is 5.91. The van der Waals surface area contributed by atoms with Crippen molar-refractivity contribution in [1.82, 2.24) is 0 Å². The number of nitrogens with zero attached hydrogens (tertiary/aromatic N) is 2. The minimum absolute atomic E-state index is 0.899. The normalized spacial score (nSPS) is 12.3. The Morgan fingerprint density at radius 1 is 0.472 bits per heavy atom. The molecule has 4 aromatic carbocycles. The molecule has 1 aliphatic rings. The molecule has 4 heteroatoms. The maximum absolute atomic E-state index is 5.47. The third kappa shape index (κ3) is 3.78. The monoisotopic (exact) mass is 478 g/mol. The molecule has 0 aliphatic carbocycles. The van der Waals surface area contributed by atoms with E-state index in [1.807, 2.05) is 0 Å². The molecule has 0 unspecified atom stereocenters. The topological polar surface area (TPSA) is 24.9 Å². The molecule has 36 heavy (non-hydrogen) atoms. The van der Waals surface area contributed by atoms with Gasteiger partial charge in [-0.25, -0.2) is 0 Å². The van der Waals surface area contributed by atoms with Crippen molar-refractivity contribution in [2.24, 2.45) is 0 Å². The molecule has 0 atom stereocenters. The van der Waals surface area contributed by atoms with E-state index in [1.165, 1.54) is 67.3 Å². The second-order valence-electron chi connectivity index (χ2n) is 9.80. The Labute approximate surface area is 214 Å². The van der Waals surface area contributed by atoms with Gasteiger partial charge in [0, 0.05) is 14.1 Å². The van der Waals surface area contributed by atoms with Gasteiger partial charge in [-0.15, -0.1) is 0 Å². The SMILES string of the molecule is COc1cc(C)c(-c2ccc3c(c2)N(C)c2ccc(-c4c(C)cc(OC)cc4C)cc2N3C)c(C)c1. The van der Waals surface area contributed by atoms with Crippen LogP contribution in [-0.4, -0.2) is 28.3 Å². The molecule has 4 aromatic rings. The van der Waals surface area contributed by atoms with Crippen LogP contribution in [-0.2, 0) is 0 Å². The molecule has 0 saturated heterocycles. The lowest BCUT2D eigenvalue weighted by Gasteiger charge is -2.37. The van der Waals surface area contributed by atoms with Gasteiger partial charge in [0.05, 0.1) is 37.0 Å². The number of rotatable bonds is 4. The fraction of sp³-hybridized carbons (Fsp3) is 0.250. The van der Waals surface area contributed by atoms with Crippen LogP contribution in [0.1, 0.15) is 22.3 Å². The maximum atomic E-state index is 5.47. The first kappa shape index (κ1) is 23.8. The molecule has 0 spiro atoms. The molecule has 0 bridgehead atoms. The van der Waals surface area contributed by atoms with Crippen LogP contribution < -0.4 is 19.3 Å². The van der Waals surface area contributed by atoms with E-state index in [0.29, 0.717) is 0 Å². The molecule has 0 aromatic heterocycles. The first-order valence-corrected chi connectivity index (χ1v) is 12.3. The van der Waals surface area contributed by atoms with Crippen molar-refractivity contribution in [2.45, 2.75) is 27.7 Å². The third-order valence-electron chi connectivity index (χ3n) is 7.46. The minimum atomic E-state index is 0.899. The predicted octanol–water partition coefficient (Wildman–Crippen LogP) is 8.12. The molecule has 1 aliphatic heterocycles. The second-order valence-corrected chi connectivity index (χ2v) is 9.80. The zero-order chi connectivity index (χ0) is 25.7. The lowest BCUT2D eigenvalue weighted by atomic mass is 9.92. The zero-order valence-corrected chi connectivity index (χ0v) is 22.5. The van der Waals surface area contributed by atoms with Crippen molar-refractivity contribution >= 4 is 22.7 Å². The highest BCUT2D eigenvalue weighted by Crippen LogP contribution is 2.49. The fourth-order valence-electron chi connectivity index (χ4n) is 5.72. The van der Waals surface area contributed by atoms with E-state index in [2.05, 4.69) is 112 Å². The lowest BCUT2D eigenvalue weighted by Crippen LogP contribution is -2.24. The number of aryl methyl sites for hydroxylation is 4. The first-order chi connectivity index (χ1) is 17.2. The van der Waals surface area contributed by atoms with Crippen LogP contribution in [0.2, 0.25) is 0 Å². The molecule has 1 heterocycles. The van der Waals surface area contributed by atoms with Crippen LogP contribution in [0.3, 0.4) is 0 Å². The van der Waals surface area contributed by atoms with Crippen LogP contribution in [0.4, 0.5) is 22.7 Å². The number of fused-ring (bicyclic) bond motifs is 2. The molecule has 4 nitrogen and oxygen atoms in total. The Bertz CT molecular complexity index is 1330. The van der Waals surface area contributed by atoms with Crippen LogP contribution >= 0.6 is 0 Å². The van der Waals surface area contributed by atoms with Gasteiger partial charge in [-0.2, -0.15) is 0 Å². The van der Waals surface area contributed by atoms with Crippen LogP contribution in [0, 0.1) is 27.7 Å². The molecule has 0 saturated carbocycles. The number of methoxy groups -OCH3 is 2. The highest BCUT2D eigenvalue weighted by atomic mass is 16.5. The van der Waals surface area contributed by atoms with Gasteiger partial charge in [0.25, 0.3) is 0 Å². The molecule has 5 rings (SSSR count). The summed E-state index contributed by atoms with van der Waals surface area (Å²) in [7, 11) is 7.76. The average Bonchev–Trinajstić information content (AvgIpc) is 2.86. The van der Waals surface area contributed by atoms with Gasteiger partial charge >= 0.3 is 0 Å². The van der Waals surface area contributed by atoms with Gasteiger partial charge in [-0.05, 0) is 121 Å². The molecular weight excluding hydrogens is 444 g/mol. The molecule has 0 N–H and O–H groups in total. The Hall–Kier alpha value is -3.92. The number of ether oxygens (including phenoxy) is 2. The van der Waals surface area contributed by atoms with E-state index >= 15 is 0 Å². The number of benzene rings is 4. The maximum Gasteiger partial charge on any atom is 0.119 e. The average molecular weight is 479 g/mol. The zero-order valence-electron chi connectivity index (χ0n) is 22.5. The Balaban J connectivity index is 1.58. The first-order valence-electron chi connectivity index (χ1n) is 12.3. The summed E-state index contributed by atoms with van der Waals surface area (Å²) in [5.41, 5.74) is 14.6. The number of hydrogen-bond donors (Lipinski definition) is 0. The van der Waals surface area contributed by atoms with Crippen molar-refractivity contribution in [1.29, 1.82) is 0 Å². The summed E-state index contributed by atoms with van der Waals surface area (Å²) in [5, 5.41) is 0. The molecule has 184 valence electrons. The Morgan fingerprint density at radius 2 is 0.806 bits per heavy atom. The van der Waals surface area contributed by atoms with Crippen molar-refractivity contribution in [2.75, 3.05) is 38.1 Å².